The van der Waals surface area contributed by atoms with Gasteiger partial charge in [0, 0.05) is 20.1 Å². The Kier molecular flexibility index (Phi) is 6.18. The molecule has 1 aliphatic rings. The predicted octanol–water partition coefficient (Wildman–Crippen LogP) is 4.30. The van der Waals surface area contributed by atoms with Crippen LogP contribution in [-0.4, -0.2) is 36.9 Å². The third-order valence-corrected chi connectivity index (χ3v) is 6.69. The number of carbonyl (C=O) groups is 2. The number of carbonyl (C=O) groups excluding carboxylic acids is 2. The van der Waals surface area contributed by atoms with E-state index < -0.39 is 5.41 Å². The van der Waals surface area contributed by atoms with Crippen LogP contribution in [0.3, 0.4) is 0 Å². The van der Waals surface area contributed by atoms with Gasteiger partial charge in [-0.15, -0.1) is 0 Å². The number of halogens is 1. The van der Waals surface area contributed by atoms with Crippen LogP contribution in [0.15, 0.2) is 65.4 Å². The van der Waals surface area contributed by atoms with Crippen LogP contribution in [0.5, 0.6) is 0 Å². The molecule has 4 rings (SSSR count). The molecule has 0 aliphatic carbocycles. The summed E-state index contributed by atoms with van der Waals surface area (Å²) in [5, 5.41) is 6.96. The predicted molar refractivity (Wildman–Crippen MR) is 121 cm³/mol. The van der Waals surface area contributed by atoms with Gasteiger partial charge in [-0.3, -0.25) is 9.59 Å². The molecule has 0 unspecified atom stereocenters. The smallest absolute Gasteiger partial charge is 0.228 e. The Balaban J connectivity index is 1.48. The highest BCUT2D eigenvalue weighted by Crippen LogP contribution is 2.35. The van der Waals surface area contributed by atoms with Crippen molar-refractivity contribution in [2.24, 2.45) is 5.41 Å². The van der Waals surface area contributed by atoms with Gasteiger partial charge in [0.15, 0.2) is 0 Å². The average Bonchev–Trinajstić information content (AvgIpc) is 3.45. The largest absolute Gasteiger partial charge is 0.359 e. The Morgan fingerprint density at radius 1 is 1.10 bits per heavy atom. The number of benzene rings is 2. The highest BCUT2D eigenvalue weighted by atomic mass is 32.1. The first-order valence-electron chi connectivity index (χ1n) is 10.3. The minimum atomic E-state index is -0.657. The molecular weight excluding hydrogens is 411 g/mol. The van der Waals surface area contributed by atoms with Gasteiger partial charge in [-0.05, 0) is 64.1 Å². The van der Waals surface area contributed by atoms with E-state index in [-0.39, 0.29) is 24.1 Å². The van der Waals surface area contributed by atoms with Crippen LogP contribution in [0.2, 0.25) is 0 Å². The Morgan fingerprint density at radius 3 is 2.58 bits per heavy atom. The molecule has 0 saturated carbocycles. The first-order valence-corrected chi connectivity index (χ1v) is 11.3. The van der Waals surface area contributed by atoms with E-state index in [0.29, 0.717) is 31.5 Å². The lowest BCUT2D eigenvalue weighted by molar-refractivity contribution is -0.132. The topological polar surface area (TPSA) is 49.4 Å². The molecule has 1 saturated heterocycles. The Bertz CT molecular complexity index is 1070. The molecule has 2 heterocycles. The molecule has 2 amide bonds. The number of nitrogens with zero attached hydrogens (tertiary/aromatic N) is 1. The normalized spacial score (nSPS) is 18.2. The van der Waals surface area contributed by atoms with Gasteiger partial charge >= 0.3 is 0 Å². The van der Waals surface area contributed by atoms with Gasteiger partial charge in [0.05, 0.1) is 11.8 Å². The van der Waals surface area contributed by atoms with Crippen LogP contribution in [0, 0.1) is 11.2 Å². The second kappa shape index (κ2) is 9.02. The summed E-state index contributed by atoms with van der Waals surface area (Å²) < 4.78 is 13.5. The zero-order valence-corrected chi connectivity index (χ0v) is 18.3. The molecule has 160 valence electrons. The maximum Gasteiger partial charge on any atom is 0.228 e. The van der Waals surface area contributed by atoms with Crippen molar-refractivity contribution in [1.29, 1.82) is 0 Å². The van der Waals surface area contributed by atoms with Gasteiger partial charge in [0.2, 0.25) is 11.8 Å². The average molecular weight is 437 g/mol. The zero-order valence-electron chi connectivity index (χ0n) is 17.4. The van der Waals surface area contributed by atoms with Crippen molar-refractivity contribution in [2.45, 2.75) is 19.3 Å². The number of hydrogen-bond acceptors (Lipinski definition) is 3. The lowest BCUT2D eigenvalue weighted by Gasteiger charge is -2.28. The standard InChI is InChI=1S/C25H25FN2O2S/c1-27-24(30)25(15-18-5-7-20(8-6-18)21-9-12-31-16-21)10-11-28(17-25)23(29)14-19-3-2-4-22(26)13-19/h2-9,12-13,16H,10-11,14-15,17H2,1H3,(H,27,30)/t25-/m1/s1. The number of hydrogen-bond donors (Lipinski definition) is 1. The Labute approximate surface area is 185 Å². The van der Waals surface area contributed by atoms with Crippen molar-refractivity contribution in [3.63, 3.8) is 0 Å². The summed E-state index contributed by atoms with van der Waals surface area (Å²) in [5.41, 5.74) is 3.40. The van der Waals surface area contributed by atoms with Crippen molar-refractivity contribution in [3.05, 3.63) is 82.3 Å². The summed E-state index contributed by atoms with van der Waals surface area (Å²) >= 11 is 1.66. The number of amides is 2. The molecule has 2 aromatic carbocycles. The summed E-state index contributed by atoms with van der Waals surface area (Å²) in [6, 6.07) is 16.5. The van der Waals surface area contributed by atoms with E-state index in [1.807, 2.05) is 0 Å². The van der Waals surface area contributed by atoms with E-state index in [9.17, 15) is 14.0 Å². The second-order valence-corrected chi connectivity index (χ2v) is 8.90. The van der Waals surface area contributed by atoms with Crippen LogP contribution in [0.25, 0.3) is 11.1 Å². The van der Waals surface area contributed by atoms with E-state index in [4.69, 9.17) is 0 Å². The summed E-state index contributed by atoms with van der Waals surface area (Å²) in [5.74, 6) is -0.475. The van der Waals surface area contributed by atoms with E-state index in [1.54, 1.807) is 35.4 Å². The molecule has 0 spiro atoms. The quantitative estimate of drug-likeness (QED) is 0.626. The van der Waals surface area contributed by atoms with E-state index in [1.165, 1.54) is 17.7 Å². The van der Waals surface area contributed by atoms with Gasteiger partial charge in [0.1, 0.15) is 5.82 Å². The van der Waals surface area contributed by atoms with Crippen LogP contribution in [-0.2, 0) is 22.4 Å². The van der Waals surface area contributed by atoms with Crippen molar-refractivity contribution in [2.75, 3.05) is 20.1 Å². The summed E-state index contributed by atoms with van der Waals surface area (Å²) in [7, 11) is 1.64. The molecule has 1 aliphatic heterocycles. The zero-order chi connectivity index (χ0) is 21.8. The fourth-order valence-corrected chi connectivity index (χ4v) is 4.99. The number of rotatable bonds is 6. The van der Waals surface area contributed by atoms with Gasteiger partial charge in [-0.25, -0.2) is 4.39 Å². The molecule has 4 nitrogen and oxygen atoms in total. The van der Waals surface area contributed by atoms with Gasteiger partial charge < -0.3 is 10.2 Å². The first-order chi connectivity index (χ1) is 15.0. The van der Waals surface area contributed by atoms with Crippen molar-refractivity contribution in [3.8, 4) is 11.1 Å². The van der Waals surface area contributed by atoms with Crippen LogP contribution < -0.4 is 5.32 Å². The fraction of sp³-hybridized carbons (Fsp3) is 0.280. The highest BCUT2D eigenvalue weighted by Gasteiger charge is 2.45. The first kappa shape index (κ1) is 21.2. The molecule has 31 heavy (non-hydrogen) atoms. The number of thiophene rings is 1. The number of likely N-dealkylation sites (tertiary alicyclic amines) is 1. The lowest BCUT2D eigenvalue weighted by Crippen LogP contribution is -2.44. The lowest BCUT2D eigenvalue weighted by atomic mass is 9.79. The summed E-state index contributed by atoms with van der Waals surface area (Å²) in [6.45, 7) is 0.891. The van der Waals surface area contributed by atoms with Gasteiger partial charge in [-0.1, -0.05) is 36.4 Å². The Hall–Kier alpha value is -2.99. The molecule has 0 bridgehead atoms. The maximum atomic E-state index is 13.5. The van der Waals surface area contributed by atoms with Crippen LogP contribution in [0.4, 0.5) is 4.39 Å². The fourth-order valence-electron chi connectivity index (χ4n) is 4.33. The maximum absolute atomic E-state index is 13.5. The third kappa shape index (κ3) is 4.69. The third-order valence-electron chi connectivity index (χ3n) is 6.01. The van der Waals surface area contributed by atoms with Crippen LogP contribution in [0.1, 0.15) is 17.5 Å². The molecule has 6 heteroatoms. The van der Waals surface area contributed by atoms with Crippen molar-refractivity contribution < 1.29 is 14.0 Å². The molecule has 1 atom stereocenters. The highest BCUT2D eigenvalue weighted by molar-refractivity contribution is 7.08. The summed E-state index contributed by atoms with van der Waals surface area (Å²) in [4.78, 5) is 27.4. The van der Waals surface area contributed by atoms with Gasteiger partial charge in [-0.2, -0.15) is 11.3 Å². The summed E-state index contributed by atoms with van der Waals surface area (Å²) in [6.07, 6.45) is 1.31. The minimum Gasteiger partial charge on any atom is -0.359 e. The molecule has 1 N–H and O–H groups in total. The van der Waals surface area contributed by atoms with E-state index in [2.05, 4.69) is 46.4 Å². The van der Waals surface area contributed by atoms with Gasteiger partial charge in [0.25, 0.3) is 0 Å². The Morgan fingerprint density at radius 2 is 1.90 bits per heavy atom. The second-order valence-electron chi connectivity index (χ2n) is 8.12. The molecule has 3 aromatic rings. The number of nitrogens with one attached hydrogen (secondary N) is 1. The molecule has 1 fully saturated rings. The minimum absolute atomic E-state index is 0.0459. The monoisotopic (exact) mass is 436 g/mol. The molecular formula is C25H25FN2O2S. The SMILES string of the molecule is CNC(=O)[C@@]1(Cc2ccc(-c3ccsc3)cc2)CCN(C(=O)Cc2cccc(F)c2)C1. The van der Waals surface area contributed by atoms with Crippen LogP contribution >= 0.6 is 11.3 Å². The van der Waals surface area contributed by atoms with E-state index in [0.717, 1.165) is 11.1 Å². The van der Waals surface area contributed by atoms with Crippen molar-refractivity contribution in [1.82, 2.24) is 10.2 Å². The van der Waals surface area contributed by atoms with E-state index >= 15 is 0 Å². The van der Waals surface area contributed by atoms with Crippen molar-refractivity contribution >= 4 is 23.2 Å². The molecule has 0 radical (unpaired) electrons. The molecule has 1 aromatic heterocycles.